The van der Waals surface area contributed by atoms with Crippen molar-refractivity contribution in [2.75, 3.05) is 12.4 Å². The Morgan fingerprint density at radius 2 is 2.12 bits per heavy atom. The van der Waals surface area contributed by atoms with Crippen molar-refractivity contribution in [2.24, 2.45) is 5.73 Å². The van der Waals surface area contributed by atoms with Crippen molar-refractivity contribution < 1.29 is 22.8 Å². The molecule has 0 amide bonds. The number of nitrogens with one attached hydrogen (secondary N) is 1. The number of rotatable bonds is 10. The van der Waals surface area contributed by atoms with Crippen LogP contribution in [0.2, 0.25) is 0 Å². The van der Waals surface area contributed by atoms with E-state index in [0.717, 1.165) is 33.6 Å². The minimum atomic E-state index is -3.48. The summed E-state index contributed by atoms with van der Waals surface area (Å²) >= 11 is 0. The van der Waals surface area contributed by atoms with Crippen molar-refractivity contribution in [3.05, 3.63) is 53.1 Å². The third-order valence-corrected chi connectivity index (χ3v) is 7.19. The molecule has 0 saturated heterocycles. The number of aliphatic hydroxyl groups is 1. The number of hydrogen-bond donors (Lipinski definition) is 3. The molecule has 0 radical (unpaired) electrons. The van der Waals surface area contributed by atoms with Gasteiger partial charge in [0.05, 0.1) is 11.9 Å². The lowest BCUT2D eigenvalue weighted by molar-refractivity contribution is 0.240. The van der Waals surface area contributed by atoms with E-state index in [1.54, 1.807) is 0 Å². The predicted molar refractivity (Wildman–Crippen MR) is 129 cm³/mol. The van der Waals surface area contributed by atoms with Crippen LogP contribution < -0.4 is 15.2 Å². The highest BCUT2D eigenvalue weighted by molar-refractivity contribution is 7.89. The van der Waals surface area contributed by atoms with Crippen molar-refractivity contribution >= 4 is 10.0 Å². The molecular formula is C24H30N4O5S. The fourth-order valence-electron chi connectivity index (χ4n) is 4.21. The molecule has 1 aromatic heterocycles. The highest BCUT2D eigenvalue weighted by Gasteiger charge is 2.29. The van der Waals surface area contributed by atoms with E-state index in [1.807, 2.05) is 50.2 Å². The molecule has 4 rings (SSSR count). The summed E-state index contributed by atoms with van der Waals surface area (Å²) < 4.78 is 38.8. The number of aromatic nitrogens is 2. The molecule has 4 N–H and O–H groups in total. The summed E-state index contributed by atoms with van der Waals surface area (Å²) in [6, 6.07) is 11.0. The second kappa shape index (κ2) is 10.2. The quantitative estimate of drug-likeness (QED) is 0.397. The highest BCUT2D eigenvalue weighted by atomic mass is 32.2. The van der Waals surface area contributed by atoms with Crippen LogP contribution in [0.1, 0.15) is 49.4 Å². The van der Waals surface area contributed by atoms with Crippen molar-refractivity contribution in [3.63, 3.8) is 0 Å². The van der Waals surface area contributed by atoms with E-state index < -0.39 is 10.0 Å². The van der Waals surface area contributed by atoms with Gasteiger partial charge in [0, 0.05) is 35.9 Å². The standard InChI is InChI=1S/C24H30N4O5S/c1-15(2)32-22-10-7-16(13-17(22)14-25)24-26-23(27-33-24)20-6-3-5-19-18(20)8-9-21(19)28-34(30,31)12-4-11-29/h3,5-7,10,13,15,21,28-29H,4,8-9,11-12,14,25H2,1-2H3/t21-/m1/s1. The first-order valence-electron chi connectivity index (χ1n) is 11.4. The second-order valence-electron chi connectivity index (χ2n) is 8.59. The number of hydrogen-bond acceptors (Lipinski definition) is 8. The number of ether oxygens (including phenoxy) is 1. The van der Waals surface area contributed by atoms with E-state index in [4.69, 9.17) is 20.1 Å². The van der Waals surface area contributed by atoms with Crippen LogP contribution in [-0.4, -0.2) is 42.1 Å². The summed E-state index contributed by atoms with van der Waals surface area (Å²) in [6.45, 7) is 4.08. The van der Waals surface area contributed by atoms with Crippen LogP contribution in [0.25, 0.3) is 22.8 Å². The second-order valence-corrected chi connectivity index (χ2v) is 10.5. The van der Waals surface area contributed by atoms with Gasteiger partial charge in [-0.25, -0.2) is 13.1 Å². The Labute approximate surface area is 199 Å². The molecule has 1 aliphatic carbocycles. The predicted octanol–water partition coefficient (Wildman–Crippen LogP) is 2.94. The van der Waals surface area contributed by atoms with Crippen LogP contribution in [0, 0.1) is 0 Å². The minimum Gasteiger partial charge on any atom is -0.491 e. The van der Waals surface area contributed by atoms with Crippen LogP contribution in [0.5, 0.6) is 5.75 Å². The Kier molecular flexibility index (Phi) is 7.32. The average molecular weight is 487 g/mol. The lowest BCUT2D eigenvalue weighted by Gasteiger charge is -2.14. The number of fused-ring (bicyclic) bond motifs is 1. The molecule has 0 spiro atoms. The lowest BCUT2D eigenvalue weighted by Crippen LogP contribution is -2.29. The molecule has 0 aliphatic heterocycles. The fraction of sp³-hybridized carbons (Fsp3) is 0.417. The van der Waals surface area contributed by atoms with Crippen LogP contribution >= 0.6 is 0 Å². The van der Waals surface area contributed by atoms with E-state index in [1.165, 1.54) is 0 Å². The van der Waals surface area contributed by atoms with E-state index in [9.17, 15) is 8.42 Å². The molecule has 2 aromatic carbocycles. The van der Waals surface area contributed by atoms with Gasteiger partial charge in [-0.05, 0) is 62.4 Å². The molecule has 10 heteroatoms. The summed E-state index contributed by atoms with van der Waals surface area (Å²) in [7, 11) is -3.48. The van der Waals surface area contributed by atoms with Gasteiger partial charge in [0.1, 0.15) is 5.75 Å². The third-order valence-electron chi connectivity index (χ3n) is 5.72. The maximum absolute atomic E-state index is 12.3. The van der Waals surface area contributed by atoms with Gasteiger partial charge < -0.3 is 20.1 Å². The number of sulfonamides is 1. The normalized spacial score (nSPS) is 15.6. The topological polar surface area (TPSA) is 141 Å². The molecule has 182 valence electrons. The Morgan fingerprint density at radius 3 is 2.85 bits per heavy atom. The highest BCUT2D eigenvalue weighted by Crippen LogP contribution is 2.38. The Balaban J connectivity index is 1.59. The van der Waals surface area contributed by atoms with Gasteiger partial charge in [0.25, 0.3) is 5.89 Å². The summed E-state index contributed by atoms with van der Waals surface area (Å²) in [4.78, 5) is 4.61. The Morgan fingerprint density at radius 1 is 1.29 bits per heavy atom. The van der Waals surface area contributed by atoms with Crippen LogP contribution in [-0.2, 0) is 23.0 Å². The van der Waals surface area contributed by atoms with Crippen molar-refractivity contribution in [3.8, 4) is 28.6 Å². The zero-order valence-electron chi connectivity index (χ0n) is 19.3. The van der Waals surface area contributed by atoms with Crippen molar-refractivity contribution in [2.45, 2.75) is 51.8 Å². The Bertz CT molecular complexity index is 1260. The van der Waals surface area contributed by atoms with Crippen LogP contribution in [0.15, 0.2) is 40.9 Å². The van der Waals surface area contributed by atoms with Gasteiger partial charge in [0.2, 0.25) is 15.8 Å². The van der Waals surface area contributed by atoms with Crippen LogP contribution in [0.3, 0.4) is 0 Å². The molecule has 0 saturated carbocycles. The maximum Gasteiger partial charge on any atom is 0.258 e. The molecule has 3 aromatic rings. The SMILES string of the molecule is CC(C)Oc1ccc(-c2nc(-c3cccc4c3CC[C@H]4NS(=O)(=O)CCCO)no2)cc1CN. The molecule has 0 bridgehead atoms. The largest absolute Gasteiger partial charge is 0.491 e. The molecule has 0 unspecified atom stereocenters. The first-order valence-corrected chi connectivity index (χ1v) is 13.0. The molecule has 0 fully saturated rings. The summed E-state index contributed by atoms with van der Waals surface area (Å²) in [6.07, 6.45) is 1.58. The number of aliphatic hydroxyl groups excluding tert-OH is 1. The first-order chi connectivity index (χ1) is 16.3. The number of nitrogens with two attached hydrogens (primary N) is 1. The van der Waals surface area contributed by atoms with E-state index in [0.29, 0.717) is 31.1 Å². The third kappa shape index (κ3) is 5.30. The lowest BCUT2D eigenvalue weighted by atomic mass is 10.0. The summed E-state index contributed by atoms with van der Waals surface area (Å²) in [5.74, 6) is 1.45. The van der Waals surface area contributed by atoms with Gasteiger partial charge >= 0.3 is 0 Å². The van der Waals surface area contributed by atoms with Gasteiger partial charge in [-0.15, -0.1) is 0 Å². The van der Waals surface area contributed by atoms with Crippen molar-refractivity contribution in [1.82, 2.24) is 14.9 Å². The summed E-state index contributed by atoms with van der Waals surface area (Å²) in [5, 5.41) is 13.1. The van der Waals surface area contributed by atoms with Crippen molar-refractivity contribution in [1.29, 1.82) is 0 Å². The van der Waals surface area contributed by atoms with Gasteiger partial charge in [-0.2, -0.15) is 4.98 Å². The monoisotopic (exact) mass is 486 g/mol. The van der Waals surface area contributed by atoms with Gasteiger partial charge in [0.15, 0.2) is 0 Å². The molecule has 1 atom stereocenters. The smallest absolute Gasteiger partial charge is 0.258 e. The molecule has 9 nitrogen and oxygen atoms in total. The zero-order valence-corrected chi connectivity index (χ0v) is 20.1. The van der Waals surface area contributed by atoms with E-state index >= 15 is 0 Å². The van der Waals surface area contributed by atoms with Crippen LogP contribution in [0.4, 0.5) is 0 Å². The molecular weight excluding hydrogens is 456 g/mol. The van der Waals surface area contributed by atoms with E-state index in [2.05, 4.69) is 14.9 Å². The Hall–Kier alpha value is -2.79. The fourth-order valence-corrected chi connectivity index (χ4v) is 5.51. The average Bonchev–Trinajstić information content (AvgIpc) is 3.45. The minimum absolute atomic E-state index is 0.0364. The van der Waals surface area contributed by atoms with Gasteiger partial charge in [-0.3, -0.25) is 0 Å². The van der Waals surface area contributed by atoms with Gasteiger partial charge in [-0.1, -0.05) is 23.4 Å². The first kappa shape index (κ1) is 24.3. The molecule has 1 heterocycles. The number of benzene rings is 2. The number of nitrogens with zero attached hydrogens (tertiary/aromatic N) is 2. The van der Waals surface area contributed by atoms with E-state index in [-0.39, 0.29) is 30.9 Å². The molecule has 1 aliphatic rings. The maximum atomic E-state index is 12.3. The molecule has 34 heavy (non-hydrogen) atoms. The zero-order chi connectivity index (χ0) is 24.3. The summed E-state index contributed by atoms with van der Waals surface area (Å²) in [5.41, 5.74) is 10.2.